The van der Waals surface area contributed by atoms with Crippen molar-refractivity contribution >= 4 is 11.9 Å². The first-order chi connectivity index (χ1) is 9.16. The van der Waals surface area contributed by atoms with Crippen LogP contribution < -0.4 is 5.32 Å². The van der Waals surface area contributed by atoms with Crippen LogP contribution in [0.15, 0.2) is 12.2 Å². The fraction of sp³-hybridized carbons (Fsp3) is 0.733. The first-order valence-corrected chi connectivity index (χ1v) is 7.35. The second-order valence-corrected chi connectivity index (χ2v) is 4.79. The highest BCUT2D eigenvalue weighted by Crippen LogP contribution is 2.09. The van der Waals surface area contributed by atoms with Crippen LogP contribution in [0.25, 0.3) is 0 Å². The molecule has 1 amide bonds. The Hall–Kier alpha value is -1.32. The molecule has 0 aromatic carbocycles. The molecule has 0 saturated heterocycles. The molecular formula is C15H27NO3. The van der Waals surface area contributed by atoms with Crippen LogP contribution in [0.5, 0.6) is 0 Å². The minimum atomic E-state index is -1.10. The van der Waals surface area contributed by atoms with Gasteiger partial charge in [-0.3, -0.25) is 4.79 Å². The number of rotatable bonds is 12. The lowest BCUT2D eigenvalue weighted by atomic mass is 10.1. The summed E-state index contributed by atoms with van der Waals surface area (Å²) in [4.78, 5) is 21.3. The molecule has 0 bridgehead atoms. The summed E-state index contributed by atoms with van der Waals surface area (Å²) >= 11 is 0. The predicted molar refractivity (Wildman–Crippen MR) is 77.0 cm³/mol. The molecule has 0 aliphatic heterocycles. The Morgan fingerprint density at radius 2 is 1.42 bits per heavy atom. The number of aliphatic carboxylic acids is 1. The van der Waals surface area contributed by atoms with E-state index in [2.05, 4.69) is 12.2 Å². The van der Waals surface area contributed by atoms with Gasteiger partial charge in [0.25, 0.3) is 0 Å². The normalized spacial score (nSPS) is 10.8. The van der Waals surface area contributed by atoms with Crippen LogP contribution in [-0.2, 0) is 9.59 Å². The third-order valence-corrected chi connectivity index (χ3v) is 2.96. The Labute approximate surface area is 116 Å². The molecule has 0 aromatic heterocycles. The van der Waals surface area contributed by atoms with Crippen molar-refractivity contribution in [3.05, 3.63) is 12.2 Å². The third kappa shape index (κ3) is 14.6. The van der Waals surface area contributed by atoms with E-state index < -0.39 is 5.97 Å². The first kappa shape index (κ1) is 17.7. The van der Waals surface area contributed by atoms with Crippen LogP contribution in [0.3, 0.4) is 0 Å². The lowest BCUT2D eigenvalue weighted by Crippen LogP contribution is -2.22. The minimum absolute atomic E-state index is 0.332. The van der Waals surface area contributed by atoms with Crippen molar-refractivity contribution < 1.29 is 14.7 Å². The summed E-state index contributed by atoms with van der Waals surface area (Å²) in [5.41, 5.74) is 0. The van der Waals surface area contributed by atoms with Gasteiger partial charge in [-0.15, -0.1) is 0 Å². The number of carbonyl (C=O) groups is 2. The molecule has 0 aliphatic rings. The van der Waals surface area contributed by atoms with E-state index in [1.807, 2.05) is 0 Å². The van der Waals surface area contributed by atoms with Gasteiger partial charge in [0.1, 0.15) is 0 Å². The molecule has 0 atom stereocenters. The highest BCUT2D eigenvalue weighted by atomic mass is 16.4. The van der Waals surface area contributed by atoms with Gasteiger partial charge in [0, 0.05) is 18.7 Å². The Kier molecular flexibility index (Phi) is 12.2. The maximum atomic E-state index is 11.1. The van der Waals surface area contributed by atoms with E-state index in [1.54, 1.807) is 0 Å². The van der Waals surface area contributed by atoms with Crippen molar-refractivity contribution in [2.45, 2.75) is 64.7 Å². The molecule has 4 nitrogen and oxygen atoms in total. The van der Waals surface area contributed by atoms with Gasteiger partial charge in [-0.05, 0) is 6.42 Å². The topological polar surface area (TPSA) is 66.4 Å². The molecular weight excluding hydrogens is 242 g/mol. The third-order valence-electron chi connectivity index (χ3n) is 2.96. The standard InChI is InChI=1S/C15H27NO3/c1-2-3-4-5-6-7-8-9-10-13-16-14(17)11-12-15(18)19/h11-12H,2-10,13H2,1H3,(H,16,17)(H,18,19). The summed E-state index contributed by atoms with van der Waals surface area (Å²) in [6.45, 7) is 2.85. The molecule has 4 heteroatoms. The summed E-state index contributed by atoms with van der Waals surface area (Å²) in [5.74, 6) is -1.43. The average Bonchev–Trinajstić information content (AvgIpc) is 2.38. The molecule has 0 heterocycles. The molecule has 0 saturated carbocycles. The lowest BCUT2D eigenvalue weighted by Gasteiger charge is -2.03. The zero-order chi connectivity index (χ0) is 14.3. The molecule has 0 unspecified atom stereocenters. The molecule has 2 N–H and O–H groups in total. The number of carbonyl (C=O) groups excluding carboxylic acids is 1. The number of carboxylic acids is 1. The van der Waals surface area contributed by atoms with E-state index in [0.717, 1.165) is 25.0 Å². The van der Waals surface area contributed by atoms with E-state index in [-0.39, 0.29) is 5.91 Å². The van der Waals surface area contributed by atoms with Crippen LogP contribution in [0.2, 0.25) is 0 Å². The van der Waals surface area contributed by atoms with Crippen molar-refractivity contribution in [1.82, 2.24) is 5.32 Å². The van der Waals surface area contributed by atoms with Gasteiger partial charge in [-0.2, -0.15) is 0 Å². The van der Waals surface area contributed by atoms with E-state index in [9.17, 15) is 9.59 Å². The van der Waals surface area contributed by atoms with Gasteiger partial charge in [-0.25, -0.2) is 4.79 Å². The maximum absolute atomic E-state index is 11.1. The average molecular weight is 269 g/mol. The number of carboxylic acid groups (broad SMARTS) is 1. The van der Waals surface area contributed by atoms with Crippen molar-refractivity contribution in [1.29, 1.82) is 0 Å². The summed E-state index contributed by atoms with van der Waals surface area (Å²) in [6.07, 6.45) is 13.1. The Bertz CT molecular complexity index is 275. The summed E-state index contributed by atoms with van der Waals surface area (Å²) in [7, 11) is 0. The Morgan fingerprint density at radius 3 is 1.95 bits per heavy atom. The van der Waals surface area contributed by atoms with Gasteiger partial charge in [0.05, 0.1) is 0 Å². The number of nitrogens with one attached hydrogen (secondary N) is 1. The van der Waals surface area contributed by atoms with Crippen molar-refractivity contribution in [3.63, 3.8) is 0 Å². The van der Waals surface area contributed by atoms with Gasteiger partial charge < -0.3 is 10.4 Å². The summed E-state index contributed by atoms with van der Waals surface area (Å²) in [6, 6.07) is 0. The smallest absolute Gasteiger partial charge is 0.328 e. The van der Waals surface area contributed by atoms with Crippen LogP contribution >= 0.6 is 0 Å². The fourth-order valence-corrected chi connectivity index (χ4v) is 1.85. The number of hydrogen-bond donors (Lipinski definition) is 2. The Morgan fingerprint density at radius 1 is 0.895 bits per heavy atom. The molecule has 0 fully saturated rings. The van der Waals surface area contributed by atoms with Crippen molar-refractivity contribution in [2.24, 2.45) is 0 Å². The van der Waals surface area contributed by atoms with Crippen molar-refractivity contribution in [2.75, 3.05) is 6.54 Å². The fourth-order valence-electron chi connectivity index (χ4n) is 1.85. The first-order valence-electron chi connectivity index (χ1n) is 7.35. The van der Waals surface area contributed by atoms with Crippen LogP contribution in [0, 0.1) is 0 Å². The molecule has 19 heavy (non-hydrogen) atoms. The van der Waals surface area contributed by atoms with Gasteiger partial charge in [0.2, 0.25) is 5.91 Å². The van der Waals surface area contributed by atoms with Gasteiger partial charge >= 0.3 is 5.97 Å². The minimum Gasteiger partial charge on any atom is -0.478 e. The second kappa shape index (κ2) is 13.1. The number of amides is 1. The Balaban J connectivity index is 3.22. The molecule has 0 aliphatic carbocycles. The molecule has 0 aromatic rings. The lowest BCUT2D eigenvalue weighted by molar-refractivity contribution is -0.131. The summed E-state index contributed by atoms with van der Waals surface area (Å²) < 4.78 is 0. The van der Waals surface area contributed by atoms with Crippen LogP contribution in [-0.4, -0.2) is 23.5 Å². The second-order valence-electron chi connectivity index (χ2n) is 4.79. The quantitative estimate of drug-likeness (QED) is 0.422. The monoisotopic (exact) mass is 269 g/mol. The van der Waals surface area contributed by atoms with Crippen LogP contribution in [0.1, 0.15) is 64.7 Å². The van der Waals surface area contributed by atoms with Crippen LogP contribution in [0.4, 0.5) is 0 Å². The highest BCUT2D eigenvalue weighted by molar-refractivity contribution is 5.93. The van der Waals surface area contributed by atoms with Gasteiger partial charge in [-0.1, -0.05) is 58.3 Å². The molecule has 0 spiro atoms. The molecule has 110 valence electrons. The zero-order valence-corrected chi connectivity index (χ0v) is 12.0. The molecule has 0 radical (unpaired) electrons. The number of hydrogen-bond acceptors (Lipinski definition) is 2. The predicted octanol–water partition coefficient (Wildman–Crippen LogP) is 3.27. The largest absolute Gasteiger partial charge is 0.478 e. The van der Waals surface area contributed by atoms with E-state index >= 15 is 0 Å². The molecule has 0 rings (SSSR count). The van der Waals surface area contributed by atoms with E-state index in [4.69, 9.17) is 5.11 Å². The van der Waals surface area contributed by atoms with Crippen molar-refractivity contribution in [3.8, 4) is 0 Å². The highest BCUT2D eigenvalue weighted by Gasteiger charge is 1.96. The number of unbranched alkanes of at least 4 members (excludes halogenated alkanes) is 8. The summed E-state index contributed by atoms with van der Waals surface area (Å²) in [5, 5.41) is 11.0. The SMILES string of the molecule is CCCCCCCCCCCNC(=O)C=CC(=O)O. The van der Waals surface area contributed by atoms with E-state index in [0.29, 0.717) is 6.54 Å². The maximum Gasteiger partial charge on any atom is 0.328 e. The zero-order valence-electron chi connectivity index (χ0n) is 12.0. The van der Waals surface area contributed by atoms with Gasteiger partial charge in [0.15, 0.2) is 0 Å². The van der Waals surface area contributed by atoms with E-state index in [1.165, 1.54) is 44.9 Å².